The number of carbonyl (C=O) groups excluding carboxylic acids is 2. The Morgan fingerprint density at radius 2 is 2.14 bits per heavy atom. The van der Waals surface area contributed by atoms with Crippen molar-refractivity contribution in [2.45, 2.75) is 12.8 Å². The van der Waals surface area contributed by atoms with Gasteiger partial charge in [0.25, 0.3) is 5.91 Å². The Balaban J connectivity index is 2.63. The van der Waals surface area contributed by atoms with Gasteiger partial charge in [0, 0.05) is 25.8 Å². The molecule has 0 radical (unpaired) electrons. The molecule has 0 heterocycles. The standard InChI is InChI=1S/C14H20ClN3O3/c1-21-8-7-17-14(20)11-5-4-10(9-12(11)15)18-13(19)3-2-6-16/h4-5,9H,2-3,6-8,16H2,1H3,(H,17,20)(H,18,19). The molecule has 0 fully saturated rings. The van der Waals surface area contributed by atoms with E-state index >= 15 is 0 Å². The average molecular weight is 314 g/mol. The average Bonchev–Trinajstić information content (AvgIpc) is 2.45. The molecule has 0 saturated carbocycles. The zero-order valence-corrected chi connectivity index (χ0v) is 12.7. The van der Waals surface area contributed by atoms with Crippen LogP contribution in [-0.4, -0.2) is 38.6 Å². The van der Waals surface area contributed by atoms with Gasteiger partial charge in [-0.25, -0.2) is 0 Å². The summed E-state index contributed by atoms with van der Waals surface area (Å²) < 4.78 is 4.85. The quantitative estimate of drug-likeness (QED) is 0.632. The Hall–Kier alpha value is -1.63. The number of benzene rings is 1. The topological polar surface area (TPSA) is 93.5 Å². The van der Waals surface area contributed by atoms with Gasteiger partial charge in [0.2, 0.25) is 5.91 Å². The van der Waals surface area contributed by atoms with E-state index in [1.807, 2.05) is 0 Å². The lowest BCUT2D eigenvalue weighted by Gasteiger charge is -2.09. The summed E-state index contributed by atoms with van der Waals surface area (Å²) >= 11 is 6.06. The smallest absolute Gasteiger partial charge is 0.252 e. The third kappa shape index (κ3) is 6.12. The van der Waals surface area contributed by atoms with Crippen LogP contribution in [0, 0.1) is 0 Å². The van der Waals surface area contributed by atoms with Crippen molar-refractivity contribution in [3.63, 3.8) is 0 Å². The molecule has 0 unspecified atom stereocenters. The highest BCUT2D eigenvalue weighted by Crippen LogP contribution is 2.21. The number of halogens is 1. The molecular weight excluding hydrogens is 294 g/mol. The Bertz CT molecular complexity index is 494. The lowest BCUT2D eigenvalue weighted by Crippen LogP contribution is -2.27. The third-order valence-corrected chi connectivity index (χ3v) is 3.01. The van der Waals surface area contributed by atoms with E-state index in [0.29, 0.717) is 43.8 Å². The SMILES string of the molecule is COCCNC(=O)c1ccc(NC(=O)CCCN)cc1Cl. The third-order valence-electron chi connectivity index (χ3n) is 2.70. The molecule has 21 heavy (non-hydrogen) atoms. The van der Waals surface area contributed by atoms with Crippen molar-refractivity contribution in [2.75, 3.05) is 32.1 Å². The van der Waals surface area contributed by atoms with E-state index < -0.39 is 0 Å². The minimum atomic E-state index is -0.280. The Kier molecular flexibility index (Phi) is 7.74. The molecule has 0 aliphatic rings. The molecule has 4 N–H and O–H groups in total. The van der Waals surface area contributed by atoms with Crippen molar-refractivity contribution < 1.29 is 14.3 Å². The van der Waals surface area contributed by atoms with E-state index in [4.69, 9.17) is 22.1 Å². The molecule has 1 aromatic carbocycles. The summed E-state index contributed by atoms with van der Waals surface area (Å²) in [5.41, 5.74) is 6.25. The predicted molar refractivity (Wildman–Crippen MR) is 82.6 cm³/mol. The highest BCUT2D eigenvalue weighted by atomic mass is 35.5. The zero-order chi connectivity index (χ0) is 15.7. The van der Waals surface area contributed by atoms with Gasteiger partial charge >= 0.3 is 0 Å². The molecule has 0 atom stereocenters. The number of anilines is 1. The normalized spacial score (nSPS) is 10.2. The van der Waals surface area contributed by atoms with Crippen molar-refractivity contribution in [3.05, 3.63) is 28.8 Å². The molecule has 1 aromatic rings. The van der Waals surface area contributed by atoms with Gasteiger partial charge in [0.05, 0.1) is 17.2 Å². The number of methoxy groups -OCH3 is 1. The van der Waals surface area contributed by atoms with Crippen molar-refractivity contribution in [1.82, 2.24) is 5.32 Å². The van der Waals surface area contributed by atoms with Crippen LogP contribution in [0.1, 0.15) is 23.2 Å². The summed E-state index contributed by atoms with van der Waals surface area (Å²) in [5, 5.41) is 5.66. The van der Waals surface area contributed by atoms with E-state index in [2.05, 4.69) is 10.6 Å². The zero-order valence-electron chi connectivity index (χ0n) is 11.9. The minimum absolute atomic E-state index is 0.131. The fraction of sp³-hybridized carbons (Fsp3) is 0.429. The summed E-state index contributed by atoms with van der Waals surface area (Å²) in [6.45, 7) is 1.30. The minimum Gasteiger partial charge on any atom is -0.383 e. The lowest BCUT2D eigenvalue weighted by atomic mass is 10.2. The molecule has 2 amide bonds. The number of rotatable bonds is 8. The highest BCUT2D eigenvalue weighted by Gasteiger charge is 2.11. The van der Waals surface area contributed by atoms with Crippen LogP contribution in [0.2, 0.25) is 5.02 Å². The molecule has 0 saturated heterocycles. The molecule has 0 aliphatic carbocycles. The molecule has 7 heteroatoms. The molecule has 0 spiro atoms. The van der Waals surface area contributed by atoms with E-state index in [9.17, 15) is 9.59 Å². The Morgan fingerprint density at radius 1 is 1.38 bits per heavy atom. The number of nitrogens with two attached hydrogens (primary N) is 1. The van der Waals surface area contributed by atoms with Crippen molar-refractivity contribution >= 4 is 29.1 Å². The highest BCUT2D eigenvalue weighted by molar-refractivity contribution is 6.34. The van der Waals surface area contributed by atoms with Crippen LogP contribution in [0.25, 0.3) is 0 Å². The number of ether oxygens (including phenoxy) is 1. The summed E-state index contributed by atoms with van der Waals surface area (Å²) in [5.74, 6) is -0.410. The van der Waals surface area contributed by atoms with E-state index in [0.717, 1.165) is 0 Å². The summed E-state index contributed by atoms with van der Waals surface area (Å²) in [7, 11) is 1.56. The Morgan fingerprint density at radius 3 is 2.76 bits per heavy atom. The van der Waals surface area contributed by atoms with Gasteiger partial charge in [0.1, 0.15) is 0 Å². The largest absolute Gasteiger partial charge is 0.383 e. The van der Waals surface area contributed by atoms with Crippen LogP contribution in [0.15, 0.2) is 18.2 Å². The van der Waals surface area contributed by atoms with Gasteiger partial charge in [0.15, 0.2) is 0 Å². The van der Waals surface area contributed by atoms with Crippen LogP contribution in [-0.2, 0) is 9.53 Å². The van der Waals surface area contributed by atoms with Crippen molar-refractivity contribution in [3.8, 4) is 0 Å². The molecule has 6 nitrogen and oxygen atoms in total. The summed E-state index contributed by atoms with van der Waals surface area (Å²) in [6, 6.07) is 4.76. The van der Waals surface area contributed by atoms with E-state index in [1.54, 1.807) is 25.3 Å². The first-order chi connectivity index (χ1) is 10.1. The number of nitrogens with one attached hydrogen (secondary N) is 2. The van der Waals surface area contributed by atoms with E-state index in [1.165, 1.54) is 0 Å². The molecule has 0 aliphatic heterocycles. The maximum Gasteiger partial charge on any atom is 0.252 e. The second-order valence-electron chi connectivity index (χ2n) is 4.38. The Labute approximate surface area is 129 Å². The first-order valence-electron chi connectivity index (χ1n) is 6.65. The fourth-order valence-electron chi connectivity index (χ4n) is 1.62. The molecule has 1 rings (SSSR count). The van der Waals surface area contributed by atoms with Gasteiger partial charge < -0.3 is 21.1 Å². The van der Waals surface area contributed by atoms with Gasteiger partial charge in [-0.2, -0.15) is 0 Å². The number of hydrogen-bond donors (Lipinski definition) is 3. The fourth-order valence-corrected chi connectivity index (χ4v) is 1.89. The first-order valence-corrected chi connectivity index (χ1v) is 7.03. The molecule has 0 aromatic heterocycles. The summed E-state index contributed by atoms with van der Waals surface area (Å²) in [6.07, 6.45) is 0.979. The number of amides is 2. The van der Waals surface area contributed by atoms with Crippen molar-refractivity contribution in [2.24, 2.45) is 5.73 Å². The van der Waals surface area contributed by atoms with Crippen LogP contribution in [0.3, 0.4) is 0 Å². The van der Waals surface area contributed by atoms with Gasteiger partial charge in [-0.05, 0) is 31.2 Å². The maximum atomic E-state index is 11.9. The second-order valence-corrected chi connectivity index (χ2v) is 4.79. The first kappa shape index (κ1) is 17.4. The van der Waals surface area contributed by atoms with E-state index in [-0.39, 0.29) is 16.8 Å². The number of carbonyl (C=O) groups is 2. The van der Waals surface area contributed by atoms with Crippen LogP contribution >= 0.6 is 11.6 Å². The van der Waals surface area contributed by atoms with Gasteiger partial charge in [-0.3, -0.25) is 9.59 Å². The van der Waals surface area contributed by atoms with Crippen LogP contribution < -0.4 is 16.4 Å². The lowest BCUT2D eigenvalue weighted by molar-refractivity contribution is -0.116. The van der Waals surface area contributed by atoms with Gasteiger partial charge in [-0.1, -0.05) is 11.6 Å². The van der Waals surface area contributed by atoms with Crippen molar-refractivity contribution in [1.29, 1.82) is 0 Å². The predicted octanol–water partition coefficient (Wildman–Crippen LogP) is 1.39. The second kappa shape index (κ2) is 9.33. The number of hydrogen-bond acceptors (Lipinski definition) is 4. The monoisotopic (exact) mass is 313 g/mol. The maximum absolute atomic E-state index is 11.9. The van der Waals surface area contributed by atoms with Gasteiger partial charge in [-0.15, -0.1) is 0 Å². The van der Waals surface area contributed by atoms with Crippen LogP contribution in [0.4, 0.5) is 5.69 Å². The molecule has 0 bridgehead atoms. The molecule has 116 valence electrons. The molecular formula is C14H20ClN3O3. The van der Waals surface area contributed by atoms with Crippen LogP contribution in [0.5, 0.6) is 0 Å². The summed E-state index contributed by atoms with van der Waals surface area (Å²) in [4.78, 5) is 23.4.